The average Bonchev–Trinajstić information content (AvgIpc) is 2.43. The fourth-order valence-electron chi connectivity index (χ4n) is 3.36. The Morgan fingerprint density at radius 1 is 1.37 bits per heavy atom. The van der Waals surface area contributed by atoms with Gasteiger partial charge in [0.2, 0.25) is 0 Å². The maximum Gasteiger partial charge on any atom is 0.168 e. The smallest absolute Gasteiger partial charge is 0.168 e. The maximum absolute atomic E-state index is 5.51. The Morgan fingerprint density at radius 3 is 3.00 bits per heavy atom. The van der Waals surface area contributed by atoms with Crippen LogP contribution in [0.5, 0.6) is 0 Å². The molecule has 5 heteroatoms. The van der Waals surface area contributed by atoms with Crippen molar-refractivity contribution >= 4 is 17.3 Å². The van der Waals surface area contributed by atoms with Crippen LogP contribution in [0.4, 0.5) is 0 Å². The second-order valence-electron chi connectivity index (χ2n) is 5.76. The van der Waals surface area contributed by atoms with Crippen molar-refractivity contribution < 1.29 is 4.74 Å². The molecule has 1 N–H and O–H groups in total. The van der Waals surface area contributed by atoms with E-state index in [2.05, 4.69) is 22.2 Å². The largest absolute Gasteiger partial charge is 0.385 e. The maximum atomic E-state index is 5.51. The van der Waals surface area contributed by atoms with Gasteiger partial charge in [-0.2, -0.15) is 0 Å². The third-order valence-electron chi connectivity index (χ3n) is 4.43. The standard InChI is InChI=1S/C14H27N3OS/c1-16-8-3-5-12-11-17(9-6-13(12)16)14(19)15-7-4-10-18-2/h12-13H,3-11H2,1-2H3,(H,15,19). The molecule has 2 saturated heterocycles. The molecule has 0 aromatic heterocycles. The quantitative estimate of drug-likeness (QED) is 0.621. The molecule has 2 aliphatic rings. The van der Waals surface area contributed by atoms with Crippen LogP contribution in [-0.4, -0.2) is 67.9 Å². The SMILES string of the molecule is COCCCNC(=S)N1CCC2C(CCCN2C)C1. The third-order valence-corrected chi connectivity index (χ3v) is 4.84. The van der Waals surface area contributed by atoms with Gasteiger partial charge in [-0.15, -0.1) is 0 Å². The molecular formula is C14H27N3OS. The predicted octanol–water partition coefficient (Wildman–Crippen LogP) is 1.31. The summed E-state index contributed by atoms with van der Waals surface area (Å²) in [6.45, 7) is 5.20. The predicted molar refractivity (Wildman–Crippen MR) is 82.4 cm³/mol. The highest BCUT2D eigenvalue weighted by Crippen LogP contribution is 2.29. The van der Waals surface area contributed by atoms with Crippen molar-refractivity contribution in [3.63, 3.8) is 0 Å². The van der Waals surface area contributed by atoms with Crippen LogP contribution in [0.15, 0.2) is 0 Å². The minimum absolute atomic E-state index is 0.779. The van der Waals surface area contributed by atoms with Gasteiger partial charge in [0.25, 0.3) is 0 Å². The van der Waals surface area contributed by atoms with Crippen molar-refractivity contribution in [3.05, 3.63) is 0 Å². The van der Waals surface area contributed by atoms with E-state index in [1.54, 1.807) is 7.11 Å². The first-order valence-corrected chi connectivity index (χ1v) is 7.85. The lowest BCUT2D eigenvalue weighted by molar-refractivity contribution is 0.0629. The van der Waals surface area contributed by atoms with Crippen molar-refractivity contribution in [1.82, 2.24) is 15.1 Å². The molecule has 19 heavy (non-hydrogen) atoms. The monoisotopic (exact) mass is 285 g/mol. The fraction of sp³-hybridized carbons (Fsp3) is 0.929. The Labute approximate surface area is 122 Å². The average molecular weight is 285 g/mol. The molecule has 2 fully saturated rings. The Balaban J connectivity index is 1.75. The Bertz CT molecular complexity index is 300. The van der Waals surface area contributed by atoms with E-state index in [1.807, 2.05) is 0 Å². The molecule has 0 aliphatic carbocycles. The molecule has 0 aromatic rings. The summed E-state index contributed by atoms with van der Waals surface area (Å²) in [5, 5.41) is 4.29. The second-order valence-corrected chi connectivity index (χ2v) is 6.15. The molecular weight excluding hydrogens is 258 g/mol. The van der Waals surface area contributed by atoms with E-state index in [-0.39, 0.29) is 0 Å². The van der Waals surface area contributed by atoms with Crippen LogP contribution < -0.4 is 5.32 Å². The van der Waals surface area contributed by atoms with Gasteiger partial charge in [0.1, 0.15) is 0 Å². The molecule has 0 aromatic carbocycles. The number of nitrogens with zero attached hydrogens (tertiary/aromatic N) is 2. The van der Waals surface area contributed by atoms with Gasteiger partial charge in [0.05, 0.1) is 0 Å². The topological polar surface area (TPSA) is 27.7 Å². The zero-order chi connectivity index (χ0) is 13.7. The van der Waals surface area contributed by atoms with Gasteiger partial charge in [-0.05, 0) is 57.4 Å². The Kier molecular flexibility index (Phi) is 5.85. The number of piperidine rings is 2. The van der Waals surface area contributed by atoms with Crippen molar-refractivity contribution in [2.75, 3.05) is 46.9 Å². The van der Waals surface area contributed by atoms with Crippen LogP contribution in [0.3, 0.4) is 0 Å². The number of rotatable bonds is 4. The highest BCUT2D eigenvalue weighted by molar-refractivity contribution is 7.80. The van der Waals surface area contributed by atoms with Gasteiger partial charge in [0.15, 0.2) is 5.11 Å². The summed E-state index contributed by atoms with van der Waals surface area (Å²) in [6, 6.07) is 0.779. The van der Waals surface area contributed by atoms with Gasteiger partial charge in [-0.3, -0.25) is 0 Å². The van der Waals surface area contributed by atoms with E-state index in [1.165, 1.54) is 25.8 Å². The number of hydrogen-bond donors (Lipinski definition) is 1. The molecule has 2 unspecified atom stereocenters. The minimum atomic E-state index is 0.779. The van der Waals surface area contributed by atoms with Crippen molar-refractivity contribution in [2.24, 2.45) is 5.92 Å². The van der Waals surface area contributed by atoms with Crippen LogP contribution in [-0.2, 0) is 4.74 Å². The summed E-state index contributed by atoms with van der Waals surface area (Å²) in [6.07, 6.45) is 4.96. The molecule has 2 heterocycles. The number of hydrogen-bond acceptors (Lipinski definition) is 3. The van der Waals surface area contributed by atoms with Crippen LogP contribution in [0, 0.1) is 5.92 Å². The number of thiocarbonyl (C=S) groups is 1. The van der Waals surface area contributed by atoms with Crippen molar-refractivity contribution in [3.8, 4) is 0 Å². The first-order chi connectivity index (χ1) is 9.22. The minimum Gasteiger partial charge on any atom is -0.385 e. The van der Waals surface area contributed by atoms with E-state index in [0.29, 0.717) is 0 Å². The molecule has 0 spiro atoms. The Morgan fingerprint density at radius 2 is 2.21 bits per heavy atom. The zero-order valence-corrected chi connectivity index (χ0v) is 13.0. The number of ether oxygens (including phenoxy) is 1. The van der Waals surface area contributed by atoms with Gasteiger partial charge < -0.3 is 19.9 Å². The molecule has 0 saturated carbocycles. The first-order valence-electron chi connectivity index (χ1n) is 7.44. The number of methoxy groups -OCH3 is 1. The van der Waals surface area contributed by atoms with Gasteiger partial charge >= 0.3 is 0 Å². The summed E-state index contributed by atoms with van der Waals surface area (Å²) in [5.74, 6) is 0.797. The normalized spacial score (nSPS) is 28.0. The molecule has 110 valence electrons. The summed E-state index contributed by atoms with van der Waals surface area (Å²) >= 11 is 5.51. The van der Waals surface area contributed by atoms with E-state index in [4.69, 9.17) is 17.0 Å². The summed E-state index contributed by atoms with van der Waals surface area (Å²) in [4.78, 5) is 4.91. The summed E-state index contributed by atoms with van der Waals surface area (Å²) in [5.41, 5.74) is 0. The highest BCUT2D eigenvalue weighted by atomic mass is 32.1. The zero-order valence-electron chi connectivity index (χ0n) is 12.2. The fourth-order valence-corrected chi connectivity index (χ4v) is 3.63. The second kappa shape index (κ2) is 7.41. The third kappa shape index (κ3) is 4.04. The van der Waals surface area contributed by atoms with E-state index in [9.17, 15) is 0 Å². The summed E-state index contributed by atoms with van der Waals surface area (Å²) in [7, 11) is 4.01. The molecule has 2 atom stereocenters. The molecule has 4 nitrogen and oxygen atoms in total. The van der Waals surface area contributed by atoms with Gasteiger partial charge in [-0.1, -0.05) is 0 Å². The van der Waals surface area contributed by atoms with Crippen molar-refractivity contribution in [2.45, 2.75) is 31.7 Å². The van der Waals surface area contributed by atoms with Crippen LogP contribution in [0.2, 0.25) is 0 Å². The molecule has 0 amide bonds. The number of nitrogens with one attached hydrogen (secondary N) is 1. The number of fused-ring (bicyclic) bond motifs is 1. The molecule has 2 rings (SSSR count). The summed E-state index contributed by atoms with van der Waals surface area (Å²) < 4.78 is 5.05. The van der Waals surface area contributed by atoms with E-state index >= 15 is 0 Å². The van der Waals surface area contributed by atoms with Crippen LogP contribution >= 0.6 is 12.2 Å². The molecule has 2 aliphatic heterocycles. The van der Waals surface area contributed by atoms with Crippen molar-refractivity contribution in [1.29, 1.82) is 0 Å². The van der Waals surface area contributed by atoms with E-state index < -0.39 is 0 Å². The lowest BCUT2D eigenvalue weighted by Crippen LogP contribution is -2.55. The molecule has 0 radical (unpaired) electrons. The lowest BCUT2D eigenvalue weighted by atomic mass is 9.84. The lowest BCUT2D eigenvalue weighted by Gasteiger charge is -2.46. The van der Waals surface area contributed by atoms with Crippen LogP contribution in [0.25, 0.3) is 0 Å². The highest BCUT2D eigenvalue weighted by Gasteiger charge is 2.34. The first kappa shape index (κ1) is 15.0. The number of likely N-dealkylation sites (tertiary alicyclic amines) is 2. The van der Waals surface area contributed by atoms with Gasteiger partial charge in [0, 0.05) is 39.4 Å². The van der Waals surface area contributed by atoms with E-state index in [0.717, 1.165) is 49.7 Å². The van der Waals surface area contributed by atoms with Crippen LogP contribution in [0.1, 0.15) is 25.7 Å². The Hall–Kier alpha value is -0.390. The molecule has 0 bridgehead atoms. The van der Waals surface area contributed by atoms with Gasteiger partial charge in [-0.25, -0.2) is 0 Å².